The number of nitrogens with zero attached hydrogens (tertiary/aromatic N) is 2. The maximum absolute atomic E-state index is 12.8. The summed E-state index contributed by atoms with van der Waals surface area (Å²) in [6, 6.07) is 11.7. The Morgan fingerprint density at radius 3 is 2.42 bits per heavy atom. The second-order valence-corrected chi connectivity index (χ2v) is 8.73. The Labute approximate surface area is 195 Å². The van der Waals surface area contributed by atoms with Crippen LogP contribution in [0.3, 0.4) is 0 Å². The number of aromatic nitrogens is 2. The summed E-state index contributed by atoms with van der Waals surface area (Å²) in [6.45, 7) is 15.8. The SMILES string of the molecule is C=C(CC(C)CCOc1ccc(C)c(C)c1)Nc1ccc2c(c1)c(=O)n(CC)c(=O)n2CC. The minimum absolute atomic E-state index is 0.256. The summed E-state index contributed by atoms with van der Waals surface area (Å²) in [6.07, 6.45) is 1.71. The lowest BCUT2D eigenvalue weighted by Gasteiger charge is -2.17. The Hall–Kier alpha value is -3.28. The topological polar surface area (TPSA) is 65.3 Å². The van der Waals surface area contributed by atoms with Crippen LogP contribution in [0.25, 0.3) is 10.9 Å². The number of allylic oxidation sites excluding steroid dienone is 1. The standard InChI is InChI=1S/C27H35N3O3/c1-7-29-25-12-10-22(17-24(25)26(31)30(8-2)27(29)32)28-21(6)15-18(3)13-14-33-23-11-9-19(4)20(5)16-23/h9-12,16-18,28H,6-8,13-15H2,1-5H3. The molecule has 2 aromatic carbocycles. The summed E-state index contributed by atoms with van der Waals surface area (Å²) in [7, 11) is 0. The van der Waals surface area contributed by atoms with Gasteiger partial charge in [-0.3, -0.25) is 13.9 Å². The van der Waals surface area contributed by atoms with E-state index in [4.69, 9.17) is 4.74 Å². The summed E-state index contributed by atoms with van der Waals surface area (Å²) in [4.78, 5) is 25.4. The Balaban J connectivity index is 1.63. The molecule has 0 bridgehead atoms. The van der Waals surface area contributed by atoms with Crippen LogP contribution in [-0.2, 0) is 13.1 Å². The van der Waals surface area contributed by atoms with E-state index in [1.54, 1.807) is 4.57 Å². The number of anilines is 1. The van der Waals surface area contributed by atoms with E-state index in [9.17, 15) is 9.59 Å². The van der Waals surface area contributed by atoms with Gasteiger partial charge in [0, 0.05) is 24.5 Å². The highest BCUT2D eigenvalue weighted by Crippen LogP contribution is 2.21. The minimum Gasteiger partial charge on any atom is -0.494 e. The molecule has 0 aliphatic heterocycles. The van der Waals surface area contributed by atoms with Gasteiger partial charge in [-0.1, -0.05) is 19.6 Å². The lowest BCUT2D eigenvalue weighted by molar-refractivity contribution is 0.283. The van der Waals surface area contributed by atoms with Crippen LogP contribution in [0.15, 0.2) is 58.3 Å². The van der Waals surface area contributed by atoms with Crippen molar-refractivity contribution in [2.75, 3.05) is 11.9 Å². The molecule has 1 unspecified atom stereocenters. The third-order valence-electron chi connectivity index (χ3n) is 6.13. The van der Waals surface area contributed by atoms with Crippen molar-refractivity contribution in [2.45, 2.75) is 60.5 Å². The highest BCUT2D eigenvalue weighted by molar-refractivity contribution is 5.82. The molecule has 1 N–H and O–H groups in total. The molecule has 3 aromatic rings. The zero-order chi connectivity index (χ0) is 24.1. The predicted molar refractivity (Wildman–Crippen MR) is 136 cm³/mol. The van der Waals surface area contributed by atoms with Gasteiger partial charge in [0.25, 0.3) is 5.56 Å². The molecule has 0 saturated heterocycles. The summed E-state index contributed by atoms with van der Waals surface area (Å²) >= 11 is 0. The zero-order valence-electron chi connectivity index (χ0n) is 20.4. The van der Waals surface area contributed by atoms with Gasteiger partial charge >= 0.3 is 5.69 Å². The Kier molecular flexibility index (Phi) is 7.79. The van der Waals surface area contributed by atoms with Crippen LogP contribution >= 0.6 is 0 Å². The van der Waals surface area contributed by atoms with Crippen LogP contribution in [0.5, 0.6) is 5.75 Å². The molecule has 1 heterocycles. The molecule has 0 aliphatic carbocycles. The Morgan fingerprint density at radius 2 is 1.76 bits per heavy atom. The molecule has 6 nitrogen and oxygen atoms in total. The van der Waals surface area contributed by atoms with Crippen molar-refractivity contribution in [3.63, 3.8) is 0 Å². The number of nitrogens with one attached hydrogen (secondary N) is 1. The summed E-state index contributed by atoms with van der Waals surface area (Å²) in [5, 5.41) is 3.87. The zero-order valence-corrected chi connectivity index (χ0v) is 20.4. The van der Waals surface area contributed by atoms with Crippen LogP contribution in [0.4, 0.5) is 5.69 Å². The molecule has 1 aromatic heterocycles. The van der Waals surface area contributed by atoms with Crippen molar-refractivity contribution in [2.24, 2.45) is 5.92 Å². The van der Waals surface area contributed by atoms with Crippen LogP contribution < -0.4 is 21.3 Å². The van der Waals surface area contributed by atoms with E-state index in [1.165, 1.54) is 15.7 Å². The van der Waals surface area contributed by atoms with Crippen molar-refractivity contribution in [1.29, 1.82) is 0 Å². The van der Waals surface area contributed by atoms with Gasteiger partial charge in [0.15, 0.2) is 0 Å². The van der Waals surface area contributed by atoms with E-state index in [0.717, 1.165) is 30.0 Å². The van der Waals surface area contributed by atoms with Crippen LogP contribution in [0.2, 0.25) is 0 Å². The van der Waals surface area contributed by atoms with Gasteiger partial charge < -0.3 is 10.1 Å². The van der Waals surface area contributed by atoms with E-state index >= 15 is 0 Å². The van der Waals surface area contributed by atoms with Crippen molar-refractivity contribution in [1.82, 2.24) is 9.13 Å². The van der Waals surface area contributed by atoms with Gasteiger partial charge in [-0.25, -0.2) is 4.79 Å². The van der Waals surface area contributed by atoms with Crippen LogP contribution in [0, 0.1) is 19.8 Å². The molecule has 0 saturated carbocycles. The fraction of sp³-hybridized carbons (Fsp3) is 0.407. The largest absolute Gasteiger partial charge is 0.494 e. The second kappa shape index (κ2) is 10.6. The summed E-state index contributed by atoms with van der Waals surface area (Å²) in [5.41, 5.74) is 4.31. The molecule has 6 heteroatoms. The molecule has 33 heavy (non-hydrogen) atoms. The van der Waals surface area contributed by atoms with Crippen LogP contribution in [0.1, 0.15) is 44.7 Å². The fourth-order valence-corrected chi connectivity index (χ4v) is 4.05. The van der Waals surface area contributed by atoms with Crippen molar-refractivity contribution < 1.29 is 4.74 Å². The summed E-state index contributed by atoms with van der Waals surface area (Å²) < 4.78 is 8.83. The first-order chi connectivity index (χ1) is 15.7. The van der Waals surface area contributed by atoms with Gasteiger partial charge in [-0.05, 0) is 87.9 Å². The van der Waals surface area contributed by atoms with Crippen LogP contribution in [-0.4, -0.2) is 15.7 Å². The third-order valence-corrected chi connectivity index (χ3v) is 6.13. The van der Waals surface area contributed by atoms with Crippen molar-refractivity contribution in [3.05, 3.63) is 80.6 Å². The minimum atomic E-state index is -0.264. The molecule has 0 radical (unpaired) electrons. The number of hydrogen-bond acceptors (Lipinski definition) is 4. The lowest BCUT2D eigenvalue weighted by atomic mass is 10.0. The molecular weight excluding hydrogens is 414 g/mol. The van der Waals surface area contributed by atoms with Crippen molar-refractivity contribution in [3.8, 4) is 5.75 Å². The van der Waals surface area contributed by atoms with E-state index < -0.39 is 0 Å². The molecular formula is C27H35N3O3. The fourth-order valence-electron chi connectivity index (χ4n) is 4.05. The highest BCUT2D eigenvalue weighted by atomic mass is 16.5. The number of ether oxygens (including phenoxy) is 1. The predicted octanol–water partition coefficient (Wildman–Crippen LogP) is 5.24. The first-order valence-corrected chi connectivity index (χ1v) is 11.7. The average Bonchev–Trinajstić information content (AvgIpc) is 2.77. The number of hydrogen-bond donors (Lipinski definition) is 1. The third kappa shape index (κ3) is 5.56. The van der Waals surface area contributed by atoms with E-state index in [1.807, 2.05) is 38.1 Å². The Bertz CT molecular complexity index is 1270. The second-order valence-electron chi connectivity index (χ2n) is 8.73. The molecule has 0 fully saturated rings. The molecule has 176 valence electrons. The molecule has 3 rings (SSSR count). The normalized spacial score (nSPS) is 12.0. The van der Waals surface area contributed by atoms with E-state index in [0.29, 0.717) is 36.5 Å². The molecule has 0 amide bonds. The molecule has 1 atom stereocenters. The van der Waals surface area contributed by atoms with E-state index in [2.05, 4.69) is 44.8 Å². The van der Waals surface area contributed by atoms with Crippen molar-refractivity contribution >= 4 is 16.6 Å². The highest BCUT2D eigenvalue weighted by Gasteiger charge is 2.12. The smallest absolute Gasteiger partial charge is 0.331 e. The van der Waals surface area contributed by atoms with Gasteiger partial charge in [0.1, 0.15) is 5.75 Å². The number of aryl methyl sites for hydroxylation is 3. The maximum Gasteiger partial charge on any atom is 0.331 e. The van der Waals surface area contributed by atoms with E-state index in [-0.39, 0.29) is 11.2 Å². The number of fused-ring (bicyclic) bond motifs is 1. The Morgan fingerprint density at radius 1 is 1.03 bits per heavy atom. The monoisotopic (exact) mass is 449 g/mol. The first-order valence-electron chi connectivity index (χ1n) is 11.7. The quantitative estimate of drug-likeness (QED) is 0.460. The van der Waals surface area contributed by atoms with Gasteiger partial charge in [-0.2, -0.15) is 0 Å². The average molecular weight is 450 g/mol. The number of rotatable bonds is 10. The lowest BCUT2D eigenvalue weighted by Crippen LogP contribution is -2.39. The summed E-state index contributed by atoms with van der Waals surface area (Å²) in [5.74, 6) is 1.29. The molecule has 0 aliphatic rings. The van der Waals surface area contributed by atoms with Gasteiger partial charge in [0.2, 0.25) is 0 Å². The van der Waals surface area contributed by atoms with Gasteiger partial charge in [-0.15, -0.1) is 0 Å². The maximum atomic E-state index is 12.8. The first kappa shape index (κ1) is 24.4. The van der Waals surface area contributed by atoms with Gasteiger partial charge in [0.05, 0.1) is 17.5 Å². The number of benzene rings is 2. The molecule has 0 spiro atoms.